The van der Waals surface area contributed by atoms with E-state index in [9.17, 15) is 4.79 Å². The molecule has 0 saturated heterocycles. The zero-order chi connectivity index (χ0) is 12.1. The maximum Gasteiger partial charge on any atom is 0.305 e. The van der Waals surface area contributed by atoms with Gasteiger partial charge in [0.2, 0.25) is 0 Å². The van der Waals surface area contributed by atoms with E-state index in [2.05, 4.69) is 13.8 Å². The van der Waals surface area contributed by atoms with Crippen LogP contribution in [0.3, 0.4) is 0 Å². The SMILES string of the molecule is CCCCCC(=O)OCCOOCCCC. The molecule has 0 aliphatic carbocycles. The highest BCUT2D eigenvalue weighted by Crippen LogP contribution is 2.00. The second kappa shape index (κ2) is 12.5. The quantitative estimate of drug-likeness (QED) is 0.238. The van der Waals surface area contributed by atoms with E-state index in [-0.39, 0.29) is 12.6 Å². The highest BCUT2D eigenvalue weighted by atomic mass is 17.2. The van der Waals surface area contributed by atoms with Crippen LogP contribution in [0.4, 0.5) is 0 Å². The van der Waals surface area contributed by atoms with Crippen molar-refractivity contribution in [3.05, 3.63) is 0 Å². The fourth-order valence-electron chi connectivity index (χ4n) is 1.10. The molecule has 0 saturated carbocycles. The van der Waals surface area contributed by atoms with E-state index in [1.54, 1.807) is 0 Å². The lowest BCUT2D eigenvalue weighted by molar-refractivity contribution is -0.298. The maximum atomic E-state index is 11.1. The molecule has 0 unspecified atom stereocenters. The lowest BCUT2D eigenvalue weighted by Crippen LogP contribution is -2.11. The minimum atomic E-state index is -0.148. The monoisotopic (exact) mass is 232 g/mol. The number of carbonyl (C=O) groups is 1. The summed E-state index contributed by atoms with van der Waals surface area (Å²) in [5.41, 5.74) is 0. The Balaban J connectivity index is 3.09. The molecule has 0 aliphatic rings. The van der Waals surface area contributed by atoms with Crippen LogP contribution in [-0.4, -0.2) is 25.8 Å². The van der Waals surface area contributed by atoms with Gasteiger partial charge in [0.1, 0.15) is 13.2 Å². The van der Waals surface area contributed by atoms with Gasteiger partial charge in [-0.1, -0.05) is 33.1 Å². The fourth-order valence-corrected chi connectivity index (χ4v) is 1.10. The Morgan fingerprint density at radius 2 is 1.56 bits per heavy atom. The summed E-state index contributed by atoms with van der Waals surface area (Å²) in [7, 11) is 0. The molecule has 0 fully saturated rings. The average molecular weight is 232 g/mol. The standard InChI is InChI=1S/C12H24O4/c1-3-5-7-8-12(13)14-10-11-16-15-9-6-4-2/h3-11H2,1-2H3. The summed E-state index contributed by atoms with van der Waals surface area (Å²) in [5, 5.41) is 0. The van der Waals surface area contributed by atoms with Crippen molar-refractivity contribution in [2.75, 3.05) is 19.8 Å². The number of carbonyl (C=O) groups excluding carboxylic acids is 1. The predicted molar refractivity (Wildman–Crippen MR) is 61.9 cm³/mol. The second-order valence-corrected chi connectivity index (χ2v) is 3.68. The first-order valence-corrected chi connectivity index (χ1v) is 6.21. The molecular weight excluding hydrogens is 208 g/mol. The molecule has 4 heteroatoms. The Morgan fingerprint density at radius 3 is 2.25 bits per heavy atom. The van der Waals surface area contributed by atoms with E-state index in [0.717, 1.165) is 32.1 Å². The second-order valence-electron chi connectivity index (χ2n) is 3.68. The van der Waals surface area contributed by atoms with Crippen LogP contribution in [0.5, 0.6) is 0 Å². The lowest BCUT2D eigenvalue weighted by Gasteiger charge is -2.05. The van der Waals surface area contributed by atoms with Crippen molar-refractivity contribution in [2.45, 2.75) is 52.4 Å². The zero-order valence-electron chi connectivity index (χ0n) is 10.5. The third kappa shape index (κ3) is 11.5. The molecule has 4 nitrogen and oxygen atoms in total. The van der Waals surface area contributed by atoms with E-state index in [4.69, 9.17) is 14.5 Å². The highest BCUT2D eigenvalue weighted by molar-refractivity contribution is 5.69. The van der Waals surface area contributed by atoms with Crippen molar-refractivity contribution in [3.63, 3.8) is 0 Å². The number of ether oxygens (including phenoxy) is 1. The first-order valence-electron chi connectivity index (χ1n) is 6.21. The van der Waals surface area contributed by atoms with Crippen molar-refractivity contribution in [1.29, 1.82) is 0 Å². The van der Waals surface area contributed by atoms with Gasteiger partial charge in [-0.05, 0) is 12.8 Å². The number of esters is 1. The van der Waals surface area contributed by atoms with Gasteiger partial charge in [-0.25, -0.2) is 9.78 Å². The largest absolute Gasteiger partial charge is 0.463 e. The molecule has 0 aromatic heterocycles. The van der Waals surface area contributed by atoms with Gasteiger partial charge in [-0.3, -0.25) is 4.79 Å². The van der Waals surface area contributed by atoms with Crippen LogP contribution in [-0.2, 0) is 19.3 Å². The van der Waals surface area contributed by atoms with Gasteiger partial charge in [-0.15, -0.1) is 0 Å². The smallest absolute Gasteiger partial charge is 0.305 e. The van der Waals surface area contributed by atoms with E-state index in [0.29, 0.717) is 19.6 Å². The van der Waals surface area contributed by atoms with Crippen LogP contribution in [0.1, 0.15) is 52.4 Å². The molecule has 0 aliphatic heterocycles. The normalized spacial score (nSPS) is 10.4. The molecule has 0 amide bonds. The molecule has 0 radical (unpaired) electrons. The highest BCUT2D eigenvalue weighted by Gasteiger charge is 2.01. The minimum absolute atomic E-state index is 0.148. The lowest BCUT2D eigenvalue weighted by atomic mass is 10.2. The summed E-state index contributed by atoms with van der Waals surface area (Å²) in [4.78, 5) is 20.8. The number of hydrogen-bond donors (Lipinski definition) is 0. The Morgan fingerprint density at radius 1 is 0.875 bits per heavy atom. The third-order valence-electron chi connectivity index (χ3n) is 2.08. The molecule has 0 aromatic rings. The molecule has 96 valence electrons. The van der Waals surface area contributed by atoms with Gasteiger partial charge >= 0.3 is 5.97 Å². The molecule has 16 heavy (non-hydrogen) atoms. The molecule has 0 spiro atoms. The maximum absolute atomic E-state index is 11.1. The van der Waals surface area contributed by atoms with Crippen LogP contribution < -0.4 is 0 Å². The first kappa shape index (κ1) is 15.4. The van der Waals surface area contributed by atoms with Gasteiger partial charge in [0.15, 0.2) is 0 Å². The van der Waals surface area contributed by atoms with Crippen LogP contribution >= 0.6 is 0 Å². The summed E-state index contributed by atoms with van der Waals surface area (Å²) in [6.07, 6.45) is 5.66. The topological polar surface area (TPSA) is 44.8 Å². The van der Waals surface area contributed by atoms with Gasteiger partial charge in [-0.2, -0.15) is 0 Å². The van der Waals surface area contributed by atoms with E-state index in [1.165, 1.54) is 0 Å². The summed E-state index contributed by atoms with van der Waals surface area (Å²) in [6, 6.07) is 0. The number of hydrogen-bond acceptors (Lipinski definition) is 4. The summed E-state index contributed by atoms with van der Waals surface area (Å²) in [5.74, 6) is -0.148. The summed E-state index contributed by atoms with van der Waals surface area (Å²) >= 11 is 0. The van der Waals surface area contributed by atoms with Crippen LogP contribution in [0, 0.1) is 0 Å². The van der Waals surface area contributed by atoms with Crippen molar-refractivity contribution in [3.8, 4) is 0 Å². The van der Waals surface area contributed by atoms with E-state index >= 15 is 0 Å². The average Bonchev–Trinajstić information content (AvgIpc) is 2.28. The molecular formula is C12H24O4. The Hall–Kier alpha value is -0.610. The van der Waals surface area contributed by atoms with Crippen LogP contribution in [0.25, 0.3) is 0 Å². The van der Waals surface area contributed by atoms with E-state index < -0.39 is 0 Å². The Kier molecular flexibility index (Phi) is 12.0. The fraction of sp³-hybridized carbons (Fsp3) is 0.917. The number of rotatable bonds is 11. The zero-order valence-corrected chi connectivity index (χ0v) is 10.5. The summed E-state index contributed by atoms with van der Waals surface area (Å²) < 4.78 is 4.95. The van der Waals surface area contributed by atoms with Crippen LogP contribution in [0.15, 0.2) is 0 Å². The van der Waals surface area contributed by atoms with Crippen molar-refractivity contribution < 1.29 is 19.3 Å². The molecule has 0 heterocycles. The van der Waals surface area contributed by atoms with Gasteiger partial charge in [0.25, 0.3) is 0 Å². The minimum Gasteiger partial charge on any atom is -0.463 e. The summed E-state index contributed by atoms with van der Waals surface area (Å²) in [6.45, 7) is 5.37. The third-order valence-corrected chi connectivity index (χ3v) is 2.08. The predicted octanol–water partition coefficient (Wildman–Crippen LogP) is 2.86. The molecule has 0 atom stereocenters. The number of unbranched alkanes of at least 4 members (excludes halogenated alkanes) is 3. The van der Waals surface area contributed by atoms with Crippen LogP contribution in [0.2, 0.25) is 0 Å². The van der Waals surface area contributed by atoms with Gasteiger partial charge in [0, 0.05) is 6.42 Å². The van der Waals surface area contributed by atoms with E-state index in [1.807, 2.05) is 0 Å². The molecule has 0 bridgehead atoms. The Bertz CT molecular complexity index is 159. The molecule has 0 aromatic carbocycles. The Labute approximate surface area is 98.2 Å². The molecule has 0 rings (SSSR count). The van der Waals surface area contributed by atoms with Crippen molar-refractivity contribution in [1.82, 2.24) is 0 Å². The van der Waals surface area contributed by atoms with Gasteiger partial charge in [0.05, 0.1) is 6.61 Å². The van der Waals surface area contributed by atoms with Crippen molar-refractivity contribution in [2.24, 2.45) is 0 Å². The van der Waals surface area contributed by atoms with Gasteiger partial charge < -0.3 is 4.74 Å². The first-order chi connectivity index (χ1) is 7.81. The molecule has 0 N–H and O–H groups in total. The van der Waals surface area contributed by atoms with Crippen molar-refractivity contribution >= 4 is 5.97 Å².